The number of rotatable bonds is 3. The SMILES string of the molecule is CN(C)c1ccc(C(=O)O)nc1C(=O)O. The first kappa shape index (κ1) is 11.0. The molecule has 0 amide bonds. The van der Waals surface area contributed by atoms with Gasteiger partial charge < -0.3 is 15.1 Å². The van der Waals surface area contributed by atoms with Crippen LogP contribution in [0.15, 0.2) is 12.1 Å². The van der Waals surface area contributed by atoms with Crippen molar-refractivity contribution in [2.75, 3.05) is 19.0 Å². The molecule has 6 nitrogen and oxygen atoms in total. The monoisotopic (exact) mass is 210 g/mol. The second-order valence-corrected chi connectivity index (χ2v) is 3.07. The van der Waals surface area contributed by atoms with Crippen LogP contribution in [-0.2, 0) is 0 Å². The van der Waals surface area contributed by atoms with Crippen molar-refractivity contribution in [3.63, 3.8) is 0 Å². The van der Waals surface area contributed by atoms with Gasteiger partial charge in [-0.1, -0.05) is 0 Å². The lowest BCUT2D eigenvalue weighted by Crippen LogP contribution is -2.17. The van der Waals surface area contributed by atoms with E-state index in [-0.39, 0.29) is 11.4 Å². The third kappa shape index (κ3) is 2.22. The molecule has 0 spiro atoms. The number of carboxylic acid groups (broad SMARTS) is 2. The maximum atomic E-state index is 10.8. The van der Waals surface area contributed by atoms with Gasteiger partial charge in [-0.2, -0.15) is 0 Å². The minimum atomic E-state index is -1.25. The number of aromatic nitrogens is 1. The molecule has 1 aromatic heterocycles. The molecule has 1 heterocycles. The van der Waals surface area contributed by atoms with Crippen LogP contribution in [0, 0.1) is 0 Å². The van der Waals surface area contributed by atoms with Crippen LogP contribution in [0.3, 0.4) is 0 Å². The van der Waals surface area contributed by atoms with Crippen LogP contribution in [0.4, 0.5) is 5.69 Å². The molecule has 6 heteroatoms. The molecule has 0 aromatic carbocycles. The maximum Gasteiger partial charge on any atom is 0.356 e. The summed E-state index contributed by atoms with van der Waals surface area (Å²) < 4.78 is 0. The van der Waals surface area contributed by atoms with E-state index in [2.05, 4.69) is 4.98 Å². The van der Waals surface area contributed by atoms with Crippen LogP contribution in [-0.4, -0.2) is 41.2 Å². The normalized spacial score (nSPS) is 9.73. The van der Waals surface area contributed by atoms with Gasteiger partial charge in [0.25, 0.3) is 0 Å². The van der Waals surface area contributed by atoms with Gasteiger partial charge in [0.15, 0.2) is 5.69 Å². The van der Waals surface area contributed by atoms with E-state index in [0.29, 0.717) is 5.69 Å². The van der Waals surface area contributed by atoms with E-state index in [9.17, 15) is 9.59 Å². The Morgan fingerprint density at radius 3 is 2.20 bits per heavy atom. The molecular formula is C9H10N2O4. The summed E-state index contributed by atoms with van der Waals surface area (Å²) in [5, 5.41) is 17.5. The molecular weight excluding hydrogens is 200 g/mol. The molecule has 15 heavy (non-hydrogen) atoms. The standard InChI is InChI=1S/C9H10N2O4/c1-11(2)6-4-3-5(8(12)13)10-7(6)9(14)15/h3-4H,1-2H3,(H,12,13)(H,14,15). The quantitative estimate of drug-likeness (QED) is 0.756. The van der Waals surface area contributed by atoms with Crippen molar-refractivity contribution >= 4 is 17.6 Å². The molecule has 0 aliphatic carbocycles. The summed E-state index contributed by atoms with van der Waals surface area (Å²) in [4.78, 5) is 26.5. The van der Waals surface area contributed by atoms with Crippen molar-refractivity contribution in [2.24, 2.45) is 0 Å². The molecule has 0 saturated carbocycles. The smallest absolute Gasteiger partial charge is 0.356 e. The number of carboxylic acids is 2. The molecule has 0 unspecified atom stereocenters. The molecule has 2 N–H and O–H groups in total. The highest BCUT2D eigenvalue weighted by molar-refractivity contribution is 5.94. The second-order valence-electron chi connectivity index (χ2n) is 3.07. The Morgan fingerprint density at radius 2 is 1.80 bits per heavy atom. The summed E-state index contributed by atoms with van der Waals surface area (Å²) >= 11 is 0. The Hall–Kier alpha value is -2.11. The average Bonchev–Trinajstić information content (AvgIpc) is 2.16. The summed E-state index contributed by atoms with van der Waals surface area (Å²) in [6.07, 6.45) is 0. The first-order valence-electron chi connectivity index (χ1n) is 4.08. The van der Waals surface area contributed by atoms with Crippen LogP contribution >= 0.6 is 0 Å². The van der Waals surface area contributed by atoms with Crippen LogP contribution < -0.4 is 4.90 Å². The Morgan fingerprint density at radius 1 is 1.20 bits per heavy atom. The molecule has 0 atom stereocenters. The van der Waals surface area contributed by atoms with E-state index in [4.69, 9.17) is 10.2 Å². The first-order valence-corrected chi connectivity index (χ1v) is 4.08. The van der Waals surface area contributed by atoms with Gasteiger partial charge in [0.1, 0.15) is 5.69 Å². The summed E-state index contributed by atoms with van der Waals surface area (Å²) in [5.41, 5.74) is -0.176. The Balaban J connectivity index is 3.33. The lowest BCUT2D eigenvalue weighted by atomic mass is 10.2. The van der Waals surface area contributed by atoms with Crippen molar-refractivity contribution in [1.29, 1.82) is 0 Å². The van der Waals surface area contributed by atoms with Gasteiger partial charge >= 0.3 is 11.9 Å². The molecule has 0 aliphatic rings. The highest BCUT2D eigenvalue weighted by Crippen LogP contribution is 2.16. The van der Waals surface area contributed by atoms with Gasteiger partial charge in [-0.05, 0) is 12.1 Å². The third-order valence-corrected chi connectivity index (χ3v) is 1.78. The lowest BCUT2D eigenvalue weighted by Gasteiger charge is -2.14. The van der Waals surface area contributed by atoms with Gasteiger partial charge in [-0.3, -0.25) is 0 Å². The molecule has 1 aromatic rings. The number of hydrogen-bond acceptors (Lipinski definition) is 4. The second kappa shape index (κ2) is 3.95. The highest BCUT2D eigenvalue weighted by Gasteiger charge is 2.16. The van der Waals surface area contributed by atoms with Crippen molar-refractivity contribution in [1.82, 2.24) is 4.98 Å². The minimum Gasteiger partial charge on any atom is -0.477 e. The van der Waals surface area contributed by atoms with Crippen molar-refractivity contribution < 1.29 is 19.8 Å². The van der Waals surface area contributed by atoms with E-state index in [1.54, 1.807) is 19.0 Å². The van der Waals surface area contributed by atoms with E-state index >= 15 is 0 Å². The summed E-state index contributed by atoms with van der Waals surface area (Å²) in [7, 11) is 3.31. The van der Waals surface area contributed by atoms with E-state index < -0.39 is 11.9 Å². The molecule has 1 rings (SSSR count). The fourth-order valence-electron chi connectivity index (χ4n) is 1.09. The Labute approximate surface area is 85.8 Å². The zero-order valence-corrected chi connectivity index (χ0v) is 8.26. The van der Waals surface area contributed by atoms with Gasteiger partial charge in [-0.25, -0.2) is 14.6 Å². The van der Waals surface area contributed by atoms with Crippen LogP contribution in [0.2, 0.25) is 0 Å². The van der Waals surface area contributed by atoms with Crippen LogP contribution in [0.25, 0.3) is 0 Å². The average molecular weight is 210 g/mol. The van der Waals surface area contributed by atoms with E-state index in [1.165, 1.54) is 12.1 Å². The lowest BCUT2D eigenvalue weighted by molar-refractivity contribution is 0.0685. The molecule has 0 radical (unpaired) electrons. The van der Waals surface area contributed by atoms with Gasteiger partial charge in [-0.15, -0.1) is 0 Å². The zero-order valence-electron chi connectivity index (χ0n) is 8.26. The van der Waals surface area contributed by atoms with E-state index in [0.717, 1.165) is 0 Å². The van der Waals surface area contributed by atoms with Crippen molar-refractivity contribution in [3.05, 3.63) is 23.5 Å². The number of hydrogen-bond donors (Lipinski definition) is 2. The minimum absolute atomic E-state index is 0.264. The van der Waals surface area contributed by atoms with Gasteiger partial charge in [0.05, 0.1) is 5.69 Å². The number of pyridine rings is 1. The molecule has 0 bridgehead atoms. The van der Waals surface area contributed by atoms with Crippen molar-refractivity contribution in [3.8, 4) is 0 Å². The molecule has 0 fully saturated rings. The summed E-state index contributed by atoms with van der Waals surface area (Å²) in [5.74, 6) is -2.50. The van der Waals surface area contributed by atoms with Crippen molar-refractivity contribution in [2.45, 2.75) is 0 Å². The Bertz CT molecular complexity index is 415. The first-order chi connectivity index (χ1) is 6.93. The maximum absolute atomic E-state index is 10.8. The molecule has 0 saturated heterocycles. The third-order valence-electron chi connectivity index (χ3n) is 1.78. The van der Waals surface area contributed by atoms with Gasteiger partial charge in [0, 0.05) is 14.1 Å². The number of anilines is 1. The summed E-state index contributed by atoms with van der Waals surface area (Å²) in [6.45, 7) is 0. The highest BCUT2D eigenvalue weighted by atomic mass is 16.4. The zero-order chi connectivity index (χ0) is 11.6. The van der Waals surface area contributed by atoms with Gasteiger partial charge in [0.2, 0.25) is 0 Å². The summed E-state index contributed by atoms with van der Waals surface area (Å²) in [6, 6.07) is 2.68. The predicted octanol–water partition coefficient (Wildman–Crippen LogP) is 0.544. The largest absolute Gasteiger partial charge is 0.477 e. The van der Waals surface area contributed by atoms with Crippen LogP contribution in [0.5, 0.6) is 0 Å². The Kier molecular flexibility index (Phi) is 2.89. The van der Waals surface area contributed by atoms with E-state index in [1.807, 2.05) is 0 Å². The van der Waals surface area contributed by atoms with Crippen LogP contribution in [0.1, 0.15) is 21.0 Å². The topological polar surface area (TPSA) is 90.7 Å². The fourth-order valence-corrected chi connectivity index (χ4v) is 1.09. The predicted molar refractivity (Wildman–Crippen MR) is 52.5 cm³/mol. The number of carbonyl (C=O) groups is 2. The number of nitrogens with zero attached hydrogens (tertiary/aromatic N) is 2. The molecule has 0 aliphatic heterocycles. The molecule has 80 valence electrons. The fraction of sp³-hybridized carbons (Fsp3) is 0.222. The number of aromatic carboxylic acids is 2.